The molecule has 26 heavy (non-hydrogen) atoms. The molecule has 1 aromatic carbocycles. The number of piperidine rings is 1. The summed E-state index contributed by atoms with van der Waals surface area (Å²) in [6.45, 7) is 5.33. The molecular formula is C20H27N3O3. The van der Waals surface area contributed by atoms with Gasteiger partial charge in [-0.2, -0.15) is 5.10 Å². The number of amides is 1. The third kappa shape index (κ3) is 3.90. The number of aromatic nitrogens is 2. The topological polar surface area (TPSA) is 67.6 Å². The smallest absolute Gasteiger partial charge is 0.256 e. The van der Waals surface area contributed by atoms with Crippen molar-refractivity contribution in [2.45, 2.75) is 51.8 Å². The van der Waals surface area contributed by atoms with Crippen molar-refractivity contribution in [3.05, 3.63) is 47.3 Å². The molecule has 2 unspecified atom stereocenters. The maximum Gasteiger partial charge on any atom is 0.256 e. The fraction of sp³-hybridized carbons (Fsp3) is 0.500. The normalized spacial score (nSPS) is 18.6. The maximum atomic E-state index is 13.0. The molecule has 1 aliphatic heterocycles. The second-order valence-corrected chi connectivity index (χ2v) is 6.97. The van der Waals surface area contributed by atoms with E-state index in [-0.39, 0.29) is 11.9 Å². The van der Waals surface area contributed by atoms with Crippen LogP contribution in [-0.2, 0) is 11.3 Å². The van der Waals surface area contributed by atoms with Gasteiger partial charge in [-0.05, 0) is 56.9 Å². The van der Waals surface area contributed by atoms with Crippen molar-refractivity contribution in [1.82, 2.24) is 14.7 Å². The molecule has 1 amide bonds. The lowest BCUT2D eigenvalue weighted by Gasteiger charge is -2.37. The van der Waals surface area contributed by atoms with E-state index in [1.165, 1.54) is 0 Å². The van der Waals surface area contributed by atoms with Gasteiger partial charge in [0.05, 0.1) is 25.4 Å². The van der Waals surface area contributed by atoms with Gasteiger partial charge in [0.2, 0.25) is 0 Å². The van der Waals surface area contributed by atoms with Crippen molar-refractivity contribution in [1.29, 1.82) is 0 Å². The van der Waals surface area contributed by atoms with Crippen molar-refractivity contribution >= 4 is 5.91 Å². The second-order valence-electron chi connectivity index (χ2n) is 6.97. The van der Waals surface area contributed by atoms with Crippen LogP contribution in [0.25, 0.3) is 0 Å². The van der Waals surface area contributed by atoms with Crippen molar-refractivity contribution in [2.24, 2.45) is 0 Å². The van der Waals surface area contributed by atoms with E-state index in [0.717, 1.165) is 30.7 Å². The maximum absolute atomic E-state index is 13.0. The van der Waals surface area contributed by atoms with Crippen LogP contribution >= 0.6 is 0 Å². The molecule has 1 fully saturated rings. The van der Waals surface area contributed by atoms with E-state index >= 15 is 0 Å². The number of hydrogen-bond acceptors (Lipinski definition) is 4. The summed E-state index contributed by atoms with van der Waals surface area (Å²) in [4.78, 5) is 14.8. The van der Waals surface area contributed by atoms with Crippen LogP contribution in [0.5, 0.6) is 5.75 Å². The molecule has 2 aromatic rings. The first-order chi connectivity index (χ1) is 12.5. The number of rotatable bonds is 5. The van der Waals surface area contributed by atoms with Gasteiger partial charge in [0.15, 0.2) is 6.10 Å². The summed E-state index contributed by atoms with van der Waals surface area (Å²) in [6, 6.07) is 9.14. The van der Waals surface area contributed by atoms with Gasteiger partial charge in [0.1, 0.15) is 5.75 Å². The minimum absolute atomic E-state index is 0.0505. The molecule has 0 radical (unpaired) electrons. The Labute approximate surface area is 154 Å². The van der Waals surface area contributed by atoms with E-state index in [1.807, 2.05) is 29.5 Å². The first-order valence-corrected chi connectivity index (χ1v) is 9.13. The zero-order valence-corrected chi connectivity index (χ0v) is 15.7. The van der Waals surface area contributed by atoms with Crippen LogP contribution in [0.1, 0.15) is 42.3 Å². The summed E-state index contributed by atoms with van der Waals surface area (Å²) >= 11 is 0. The van der Waals surface area contributed by atoms with Crippen molar-refractivity contribution in [3.63, 3.8) is 0 Å². The van der Waals surface area contributed by atoms with Gasteiger partial charge >= 0.3 is 0 Å². The van der Waals surface area contributed by atoms with E-state index in [0.29, 0.717) is 24.4 Å². The summed E-state index contributed by atoms with van der Waals surface area (Å²) in [7, 11) is 1.57. The Morgan fingerprint density at radius 2 is 2.15 bits per heavy atom. The number of nitrogens with zero attached hydrogens (tertiary/aromatic N) is 3. The summed E-state index contributed by atoms with van der Waals surface area (Å²) < 4.78 is 7.16. The number of aliphatic hydroxyl groups is 1. The molecule has 0 saturated carbocycles. The Hall–Kier alpha value is -2.34. The van der Waals surface area contributed by atoms with Crippen molar-refractivity contribution in [3.8, 4) is 5.75 Å². The monoisotopic (exact) mass is 357 g/mol. The van der Waals surface area contributed by atoms with E-state index < -0.39 is 6.10 Å². The lowest BCUT2D eigenvalue weighted by molar-refractivity contribution is -0.144. The highest BCUT2D eigenvalue weighted by Crippen LogP contribution is 2.26. The van der Waals surface area contributed by atoms with Crippen LogP contribution in [0, 0.1) is 13.8 Å². The number of benzene rings is 1. The fourth-order valence-corrected chi connectivity index (χ4v) is 3.65. The number of hydrogen-bond donors (Lipinski definition) is 1. The predicted molar refractivity (Wildman–Crippen MR) is 99.0 cm³/mol. The first kappa shape index (κ1) is 18.5. The standard InChI is InChI=1S/C20H27N3O3/c1-14-11-15(2)23(21-14)13-17-8-4-5-10-22(17)20(25)19(24)16-7-6-9-18(12-16)26-3/h6-7,9,11-12,17,19,24H,4-5,8,10,13H2,1-3H3. The Morgan fingerprint density at radius 1 is 1.35 bits per heavy atom. The summed E-state index contributed by atoms with van der Waals surface area (Å²) in [5.41, 5.74) is 2.63. The molecule has 3 rings (SSSR count). The Balaban J connectivity index is 1.77. The molecule has 2 heterocycles. The summed E-state index contributed by atoms with van der Waals surface area (Å²) in [5, 5.41) is 15.2. The van der Waals surface area contributed by atoms with Crippen LogP contribution in [0.4, 0.5) is 0 Å². The molecule has 1 aliphatic rings. The lowest BCUT2D eigenvalue weighted by atomic mass is 9.99. The molecule has 1 N–H and O–H groups in total. The SMILES string of the molecule is COc1cccc(C(O)C(=O)N2CCCCC2Cn2nc(C)cc2C)c1. The predicted octanol–water partition coefficient (Wildman–Crippen LogP) is 2.62. The second kappa shape index (κ2) is 7.91. The highest BCUT2D eigenvalue weighted by Gasteiger charge is 2.32. The molecule has 1 aromatic heterocycles. The molecule has 6 heteroatoms. The molecule has 0 spiro atoms. The zero-order chi connectivity index (χ0) is 18.7. The third-order valence-corrected chi connectivity index (χ3v) is 5.04. The van der Waals surface area contributed by atoms with Crippen LogP contribution < -0.4 is 4.74 Å². The van der Waals surface area contributed by atoms with Crippen LogP contribution in [0.3, 0.4) is 0 Å². The Kier molecular flexibility index (Phi) is 5.61. The molecule has 6 nitrogen and oxygen atoms in total. The molecule has 0 aliphatic carbocycles. The van der Waals surface area contributed by atoms with Gasteiger partial charge in [-0.25, -0.2) is 0 Å². The average Bonchev–Trinajstić information content (AvgIpc) is 2.98. The Morgan fingerprint density at radius 3 is 2.85 bits per heavy atom. The number of methoxy groups -OCH3 is 1. The summed E-state index contributed by atoms with van der Waals surface area (Å²) in [6.07, 6.45) is 1.80. The molecule has 1 saturated heterocycles. The van der Waals surface area contributed by atoms with E-state index in [4.69, 9.17) is 4.74 Å². The summed E-state index contributed by atoms with van der Waals surface area (Å²) in [5.74, 6) is 0.386. The van der Waals surface area contributed by atoms with Crippen LogP contribution in [-0.4, -0.2) is 45.4 Å². The van der Waals surface area contributed by atoms with E-state index in [2.05, 4.69) is 5.10 Å². The largest absolute Gasteiger partial charge is 0.497 e. The number of likely N-dealkylation sites (tertiary alicyclic amines) is 1. The van der Waals surface area contributed by atoms with E-state index in [9.17, 15) is 9.90 Å². The van der Waals surface area contributed by atoms with Crippen LogP contribution in [0.2, 0.25) is 0 Å². The Bertz CT molecular complexity index is 771. The number of carbonyl (C=O) groups is 1. The zero-order valence-electron chi connectivity index (χ0n) is 15.7. The van der Waals surface area contributed by atoms with E-state index in [1.54, 1.807) is 31.4 Å². The van der Waals surface area contributed by atoms with Gasteiger partial charge in [-0.15, -0.1) is 0 Å². The average molecular weight is 357 g/mol. The molecular weight excluding hydrogens is 330 g/mol. The minimum Gasteiger partial charge on any atom is -0.497 e. The number of ether oxygens (including phenoxy) is 1. The van der Waals surface area contributed by atoms with Gasteiger partial charge in [0, 0.05) is 12.2 Å². The van der Waals surface area contributed by atoms with Gasteiger partial charge in [0.25, 0.3) is 5.91 Å². The number of aryl methyl sites for hydroxylation is 2. The first-order valence-electron chi connectivity index (χ1n) is 9.13. The third-order valence-electron chi connectivity index (χ3n) is 5.04. The van der Waals surface area contributed by atoms with Crippen molar-refractivity contribution in [2.75, 3.05) is 13.7 Å². The van der Waals surface area contributed by atoms with Crippen LogP contribution in [0.15, 0.2) is 30.3 Å². The highest BCUT2D eigenvalue weighted by atomic mass is 16.5. The molecule has 0 bridgehead atoms. The van der Waals surface area contributed by atoms with Crippen molar-refractivity contribution < 1.29 is 14.6 Å². The molecule has 2 atom stereocenters. The van der Waals surface area contributed by atoms with Gasteiger partial charge < -0.3 is 14.7 Å². The minimum atomic E-state index is -1.17. The number of carbonyl (C=O) groups excluding carboxylic acids is 1. The quantitative estimate of drug-likeness (QED) is 0.893. The van der Waals surface area contributed by atoms with Gasteiger partial charge in [-0.1, -0.05) is 12.1 Å². The van der Waals surface area contributed by atoms with Gasteiger partial charge in [-0.3, -0.25) is 9.48 Å². The highest BCUT2D eigenvalue weighted by molar-refractivity contribution is 5.82. The molecule has 140 valence electrons. The lowest BCUT2D eigenvalue weighted by Crippen LogP contribution is -2.48. The fourth-order valence-electron chi connectivity index (χ4n) is 3.65. The number of aliphatic hydroxyl groups excluding tert-OH is 1.